The van der Waals surface area contributed by atoms with Crippen molar-refractivity contribution in [3.05, 3.63) is 23.8 Å². The summed E-state index contributed by atoms with van der Waals surface area (Å²) in [5, 5.41) is 59.9. The fraction of sp³-hybridized carbons (Fsp3) is 0.564. The van der Waals surface area contributed by atoms with Gasteiger partial charge in [0.15, 0.2) is 0 Å². The van der Waals surface area contributed by atoms with Crippen molar-refractivity contribution in [1.82, 2.24) is 47.1 Å². The molecule has 2 bridgehead atoms. The fourth-order valence-electron chi connectivity index (χ4n) is 7.56. The Balaban J connectivity index is 1.70. The highest BCUT2D eigenvalue weighted by atomic mass is 32.2. The van der Waals surface area contributed by atoms with Crippen LogP contribution in [-0.2, 0) is 49.6 Å². The van der Waals surface area contributed by atoms with Gasteiger partial charge in [-0.05, 0) is 23.6 Å². The summed E-state index contributed by atoms with van der Waals surface area (Å²) in [4.78, 5) is 128. The van der Waals surface area contributed by atoms with E-state index in [0.717, 1.165) is 16.7 Å². The number of aromatic nitrogens is 1. The number of fused-ring (bicyclic) bond motifs is 5. The number of thioether (sulfide) groups is 1. The molecule has 14 N–H and O–H groups in total. The summed E-state index contributed by atoms with van der Waals surface area (Å²) < 4.78 is 0. The molecule has 23 nitrogen and oxygen atoms in total. The topological polar surface area (TPSA) is 364 Å². The smallest absolute Gasteiger partial charge is 0.246 e. The lowest BCUT2D eigenvalue weighted by atomic mass is 9.93. The predicted molar refractivity (Wildman–Crippen MR) is 222 cm³/mol. The van der Waals surface area contributed by atoms with Crippen molar-refractivity contribution in [2.45, 2.75) is 99.9 Å². The molecule has 1 aromatic heterocycles. The monoisotopic (exact) mass is 902 g/mol. The molecule has 1 aromatic carbocycles. The van der Waals surface area contributed by atoms with E-state index in [1.165, 1.54) is 25.1 Å². The Labute approximate surface area is 364 Å². The van der Waals surface area contributed by atoms with E-state index in [4.69, 9.17) is 5.73 Å². The van der Waals surface area contributed by atoms with Crippen molar-refractivity contribution in [2.24, 2.45) is 17.6 Å². The lowest BCUT2D eigenvalue weighted by Gasteiger charge is -2.32. The molecule has 0 spiro atoms. The minimum absolute atomic E-state index is 0.146. The van der Waals surface area contributed by atoms with E-state index in [1.807, 2.05) is 0 Å². The lowest BCUT2D eigenvalue weighted by molar-refractivity contribution is -0.144. The molecule has 0 saturated carbocycles. The molecule has 4 unspecified atom stereocenters. The maximum atomic E-state index is 14.4. The number of aliphatic hydroxyl groups is 3. The highest BCUT2D eigenvalue weighted by Gasteiger charge is 2.45. The maximum absolute atomic E-state index is 14.4. The van der Waals surface area contributed by atoms with Gasteiger partial charge in [-0.2, -0.15) is 0 Å². The SMILES string of the molecule is CC[C@H](C)C1NC(=O)CNC(=O)C2Cc3c([nH]c4cc(O)ccc34)SCC(NC(=O)CNC1=O)C(=O)N[C@@H](CC(N)=O)C(=O)N1CC(O)C[C@H]1C(=O)N[C@@H]([C@@H](C)[C@@H](O)CO)C(=O)N2. The highest BCUT2D eigenvalue weighted by molar-refractivity contribution is 7.99. The van der Waals surface area contributed by atoms with E-state index in [2.05, 4.69) is 42.2 Å². The van der Waals surface area contributed by atoms with Gasteiger partial charge in [-0.25, -0.2) is 0 Å². The number of primary amides is 1. The number of rotatable bonds is 7. The first-order valence-corrected chi connectivity index (χ1v) is 21.4. The summed E-state index contributed by atoms with van der Waals surface area (Å²) in [6, 6.07) is -5.00. The van der Waals surface area contributed by atoms with Crippen molar-refractivity contribution in [3.63, 3.8) is 0 Å². The second-order valence-electron chi connectivity index (χ2n) is 15.9. The van der Waals surface area contributed by atoms with Crippen molar-refractivity contribution in [1.29, 1.82) is 0 Å². The standard InChI is InChI=1S/C39H54N10O13S/c1-4-16(2)31-36(60)42-11-29(55)43-25-15-63-38-21(20-6-5-18(51)7-22(20)46-38)9-23(33(57)41-12-30(56)47-31)44-37(61)32(17(3)27(53)14-50)48-35(59)26-8-19(52)13-49(26)39(62)24(10-28(40)54)45-34(25)58/h5-7,16-17,19,23-27,31-32,46,50-53H,4,8-15H2,1-3H3,(H2,40,54)(H,41,57)(H,42,60)(H,43,55)(H,44,61)(H,45,58)(H,47,56)(H,48,59)/t16-,17-,19?,23?,24-,25?,26-,27-,31?,32-/m0/s1. The minimum Gasteiger partial charge on any atom is -0.508 e. The number of aliphatic hydroxyl groups excluding tert-OH is 3. The number of carbonyl (C=O) groups excluding carboxylic acids is 9. The van der Waals surface area contributed by atoms with Gasteiger partial charge in [0.05, 0.1) is 48.9 Å². The number of amides is 9. The number of benzene rings is 1. The van der Waals surface area contributed by atoms with E-state index in [0.29, 0.717) is 22.9 Å². The molecule has 3 aliphatic rings. The number of aromatic amines is 1. The van der Waals surface area contributed by atoms with Crippen LogP contribution in [0.15, 0.2) is 23.2 Å². The molecular formula is C39H54N10O13S. The molecule has 9 amide bonds. The van der Waals surface area contributed by atoms with E-state index < -0.39 is 146 Å². The summed E-state index contributed by atoms with van der Waals surface area (Å²) in [6.45, 7) is 2.08. The predicted octanol–water partition coefficient (Wildman–Crippen LogP) is -4.94. The summed E-state index contributed by atoms with van der Waals surface area (Å²) in [5.41, 5.74) is 6.19. The number of nitrogens with one attached hydrogen (secondary N) is 8. The molecule has 1 saturated heterocycles. The first kappa shape index (κ1) is 48.1. The Morgan fingerprint density at radius 3 is 2.22 bits per heavy atom. The Bertz CT molecular complexity index is 2120. The largest absolute Gasteiger partial charge is 0.508 e. The molecule has 0 radical (unpaired) electrons. The summed E-state index contributed by atoms with van der Waals surface area (Å²) in [7, 11) is 0. The van der Waals surface area contributed by atoms with E-state index in [9.17, 15) is 63.6 Å². The normalized spacial score (nSPS) is 27.6. The van der Waals surface area contributed by atoms with Gasteiger partial charge >= 0.3 is 0 Å². The van der Waals surface area contributed by atoms with Crippen LogP contribution in [0.5, 0.6) is 5.75 Å². The first-order valence-electron chi connectivity index (χ1n) is 20.4. The molecule has 5 rings (SSSR count). The number of aromatic hydroxyl groups is 1. The molecule has 10 atom stereocenters. The van der Waals surface area contributed by atoms with Crippen LogP contribution in [0.3, 0.4) is 0 Å². The van der Waals surface area contributed by atoms with Gasteiger partial charge in [-0.3, -0.25) is 43.2 Å². The third-order valence-corrected chi connectivity index (χ3v) is 12.5. The molecule has 344 valence electrons. The number of hydrogen-bond donors (Lipinski definition) is 13. The number of nitrogens with two attached hydrogens (primary N) is 1. The van der Waals surface area contributed by atoms with Crippen LogP contribution in [-0.4, -0.2) is 164 Å². The average molecular weight is 903 g/mol. The van der Waals surface area contributed by atoms with Gasteiger partial charge in [0.2, 0.25) is 53.2 Å². The van der Waals surface area contributed by atoms with Crippen LogP contribution in [0.4, 0.5) is 0 Å². The van der Waals surface area contributed by atoms with Crippen molar-refractivity contribution in [3.8, 4) is 5.75 Å². The van der Waals surface area contributed by atoms with E-state index in [1.54, 1.807) is 13.8 Å². The Kier molecular flexibility index (Phi) is 16.0. The average Bonchev–Trinajstić information content (AvgIpc) is 3.80. The van der Waals surface area contributed by atoms with Gasteiger partial charge in [-0.15, -0.1) is 11.8 Å². The summed E-state index contributed by atoms with van der Waals surface area (Å²) >= 11 is 0.949. The Hall–Kier alpha value is -5.98. The van der Waals surface area contributed by atoms with Crippen molar-refractivity contribution < 1.29 is 63.6 Å². The zero-order chi connectivity index (χ0) is 46.3. The number of hydrogen-bond acceptors (Lipinski definition) is 14. The second kappa shape index (κ2) is 20.9. The van der Waals surface area contributed by atoms with Gasteiger partial charge in [0, 0.05) is 42.5 Å². The van der Waals surface area contributed by atoms with Gasteiger partial charge in [-0.1, -0.05) is 27.2 Å². The van der Waals surface area contributed by atoms with E-state index >= 15 is 0 Å². The number of phenolic OH excluding ortho intramolecular Hbond substituents is 1. The highest BCUT2D eigenvalue weighted by Crippen LogP contribution is 2.33. The third kappa shape index (κ3) is 11.7. The molecule has 63 heavy (non-hydrogen) atoms. The van der Waals surface area contributed by atoms with Crippen LogP contribution in [0.25, 0.3) is 10.9 Å². The summed E-state index contributed by atoms with van der Waals surface area (Å²) in [5.74, 6) is -10.7. The molecule has 24 heteroatoms. The maximum Gasteiger partial charge on any atom is 0.246 e. The summed E-state index contributed by atoms with van der Waals surface area (Å²) in [6.07, 6.45) is -4.01. The number of H-pyrrole nitrogens is 1. The Morgan fingerprint density at radius 1 is 0.873 bits per heavy atom. The molecule has 2 aromatic rings. The van der Waals surface area contributed by atoms with Crippen molar-refractivity contribution >= 4 is 75.8 Å². The van der Waals surface area contributed by atoms with Crippen LogP contribution < -0.4 is 43.0 Å². The number of phenols is 1. The molecule has 4 heterocycles. The second-order valence-corrected chi connectivity index (χ2v) is 17.0. The van der Waals surface area contributed by atoms with Crippen molar-refractivity contribution in [2.75, 3.05) is 32.0 Å². The van der Waals surface area contributed by atoms with E-state index in [-0.39, 0.29) is 29.4 Å². The van der Waals surface area contributed by atoms with Crippen LogP contribution in [0.2, 0.25) is 0 Å². The number of nitrogens with zero attached hydrogens (tertiary/aromatic N) is 1. The zero-order valence-corrected chi connectivity index (χ0v) is 35.6. The first-order chi connectivity index (χ1) is 29.8. The minimum atomic E-state index is -1.75. The number of carbonyl (C=O) groups is 9. The molecule has 1 fully saturated rings. The molecule has 0 aliphatic carbocycles. The molecular weight excluding hydrogens is 849 g/mol. The zero-order valence-electron chi connectivity index (χ0n) is 34.8. The fourth-order valence-corrected chi connectivity index (χ4v) is 8.68. The quantitative estimate of drug-likeness (QED) is 0.124. The third-order valence-electron chi connectivity index (χ3n) is 11.4. The van der Waals surface area contributed by atoms with Gasteiger partial charge < -0.3 is 73.3 Å². The lowest BCUT2D eigenvalue weighted by Crippen LogP contribution is -2.62. The van der Waals surface area contributed by atoms with Crippen LogP contribution in [0, 0.1) is 11.8 Å². The van der Waals surface area contributed by atoms with Gasteiger partial charge in [0.1, 0.15) is 42.0 Å². The molecule has 3 aliphatic heterocycles. The van der Waals surface area contributed by atoms with Crippen LogP contribution >= 0.6 is 11.8 Å². The Morgan fingerprint density at radius 2 is 1.56 bits per heavy atom. The van der Waals surface area contributed by atoms with Crippen LogP contribution in [0.1, 0.15) is 45.6 Å². The van der Waals surface area contributed by atoms with Gasteiger partial charge in [0.25, 0.3) is 0 Å².